The van der Waals surface area contributed by atoms with Gasteiger partial charge in [0.2, 0.25) is 5.91 Å². The van der Waals surface area contributed by atoms with E-state index in [2.05, 4.69) is 13.0 Å². The Kier molecular flexibility index (Phi) is 5.19. The molecule has 0 aliphatic rings. The Bertz CT molecular complexity index is 808. The summed E-state index contributed by atoms with van der Waals surface area (Å²) in [5.41, 5.74) is 2.01. The zero-order valence-corrected chi connectivity index (χ0v) is 15.0. The topological polar surface area (TPSA) is 36.7 Å². The van der Waals surface area contributed by atoms with Crippen LogP contribution < -0.4 is 0 Å². The van der Waals surface area contributed by atoms with Crippen LogP contribution in [0.2, 0.25) is 0 Å². The van der Waals surface area contributed by atoms with Gasteiger partial charge in [0.15, 0.2) is 0 Å². The largest absolute Gasteiger partial charge is 0.459 e. The molecule has 0 spiro atoms. The molecule has 1 unspecified atom stereocenters. The van der Waals surface area contributed by atoms with Gasteiger partial charge in [-0.25, -0.2) is 0 Å². The summed E-state index contributed by atoms with van der Waals surface area (Å²) in [4.78, 5) is 16.3. The van der Waals surface area contributed by atoms with Crippen molar-refractivity contribution in [3.63, 3.8) is 0 Å². The number of fused-ring (bicyclic) bond motifs is 1. The summed E-state index contributed by atoms with van der Waals surface area (Å²) in [5.74, 6) is 0.969. The summed E-state index contributed by atoms with van der Waals surface area (Å²) < 4.78 is 5.92. The van der Waals surface area contributed by atoms with Crippen LogP contribution in [0.25, 0.3) is 11.0 Å². The Labute approximate surface area is 148 Å². The Morgan fingerprint density at radius 2 is 1.72 bits per heavy atom. The molecule has 1 heterocycles. The van der Waals surface area contributed by atoms with E-state index in [0.29, 0.717) is 13.1 Å². The van der Waals surface area contributed by atoms with Crippen molar-refractivity contribution < 1.29 is 9.21 Å². The molecule has 4 nitrogen and oxygen atoms in total. The smallest absolute Gasteiger partial charge is 0.236 e. The lowest BCUT2D eigenvalue weighted by Crippen LogP contribution is -2.37. The highest BCUT2D eigenvalue weighted by atomic mass is 16.3. The average Bonchev–Trinajstić information content (AvgIpc) is 3.05. The van der Waals surface area contributed by atoms with Crippen LogP contribution in [0.1, 0.15) is 24.3 Å². The average molecular weight is 336 g/mol. The van der Waals surface area contributed by atoms with Gasteiger partial charge in [0, 0.05) is 19.0 Å². The van der Waals surface area contributed by atoms with Gasteiger partial charge in [-0.1, -0.05) is 48.5 Å². The Morgan fingerprint density at radius 3 is 2.44 bits per heavy atom. The minimum atomic E-state index is 0.0291. The highest BCUT2D eigenvalue weighted by Crippen LogP contribution is 2.26. The minimum Gasteiger partial charge on any atom is -0.459 e. The summed E-state index contributed by atoms with van der Waals surface area (Å²) in [5, 5.41) is 1.09. The summed E-state index contributed by atoms with van der Waals surface area (Å²) in [6, 6.07) is 20.1. The maximum absolute atomic E-state index is 12.5. The second kappa shape index (κ2) is 7.53. The van der Waals surface area contributed by atoms with E-state index in [9.17, 15) is 4.79 Å². The molecule has 0 N–H and O–H groups in total. The fourth-order valence-electron chi connectivity index (χ4n) is 2.84. The monoisotopic (exact) mass is 336 g/mol. The molecule has 0 fully saturated rings. The van der Waals surface area contributed by atoms with Crippen molar-refractivity contribution in [2.45, 2.75) is 19.5 Å². The van der Waals surface area contributed by atoms with Crippen LogP contribution in [0, 0.1) is 0 Å². The molecule has 130 valence electrons. The van der Waals surface area contributed by atoms with Crippen LogP contribution in [-0.2, 0) is 11.3 Å². The molecule has 3 rings (SSSR count). The number of furan rings is 1. The Balaban J connectivity index is 1.62. The third-order valence-corrected chi connectivity index (χ3v) is 4.59. The van der Waals surface area contributed by atoms with Gasteiger partial charge in [-0.2, -0.15) is 0 Å². The highest BCUT2D eigenvalue weighted by molar-refractivity contribution is 5.79. The molecule has 2 aromatic carbocycles. The number of hydrogen-bond acceptors (Lipinski definition) is 3. The van der Waals surface area contributed by atoms with E-state index in [0.717, 1.165) is 22.3 Å². The van der Waals surface area contributed by atoms with Gasteiger partial charge < -0.3 is 9.32 Å². The molecule has 1 aromatic heterocycles. The Hall–Kier alpha value is -2.59. The van der Waals surface area contributed by atoms with Crippen LogP contribution in [0.3, 0.4) is 0 Å². The van der Waals surface area contributed by atoms with Gasteiger partial charge in [0.05, 0.1) is 12.6 Å². The lowest BCUT2D eigenvalue weighted by molar-refractivity contribution is -0.131. The van der Waals surface area contributed by atoms with Crippen molar-refractivity contribution in [3.05, 3.63) is 72.0 Å². The quantitative estimate of drug-likeness (QED) is 0.680. The van der Waals surface area contributed by atoms with Crippen molar-refractivity contribution in [2.75, 3.05) is 20.6 Å². The van der Waals surface area contributed by atoms with Gasteiger partial charge in [0.1, 0.15) is 11.3 Å². The molecule has 1 atom stereocenters. The molecule has 25 heavy (non-hydrogen) atoms. The number of rotatable bonds is 6. The normalized spacial score (nSPS) is 12.5. The van der Waals surface area contributed by atoms with Crippen molar-refractivity contribution in [3.8, 4) is 0 Å². The third kappa shape index (κ3) is 4.09. The minimum absolute atomic E-state index is 0.0291. The predicted molar refractivity (Wildman–Crippen MR) is 100 cm³/mol. The van der Waals surface area contributed by atoms with E-state index in [1.165, 1.54) is 0 Å². The van der Waals surface area contributed by atoms with E-state index >= 15 is 0 Å². The second-order valence-electron chi connectivity index (χ2n) is 6.51. The zero-order valence-electron chi connectivity index (χ0n) is 15.0. The first-order valence-corrected chi connectivity index (χ1v) is 8.51. The van der Waals surface area contributed by atoms with Gasteiger partial charge in [-0.3, -0.25) is 9.69 Å². The summed E-state index contributed by atoms with van der Waals surface area (Å²) in [7, 11) is 3.79. The van der Waals surface area contributed by atoms with Crippen molar-refractivity contribution in [1.82, 2.24) is 9.80 Å². The molecule has 0 bridgehead atoms. The number of para-hydroxylation sites is 1. The van der Waals surface area contributed by atoms with Gasteiger partial charge in [-0.15, -0.1) is 0 Å². The van der Waals surface area contributed by atoms with Crippen LogP contribution in [-0.4, -0.2) is 36.3 Å². The number of nitrogens with zero attached hydrogens (tertiary/aromatic N) is 2. The third-order valence-electron chi connectivity index (χ3n) is 4.59. The van der Waals surface area contributed by atoms with Crippen LogP contribution in [0.5, 0.6) is 0 Å². The van der Waals surface area contributed by atoms with E-state index < -0.39 is 0 Å². The Morgan fingerprint density at radius 1 is 1.04 bits per heavy atom. The summed E-state index contributed by atoms with van der Waals surface area (Å²) >= 11 is 0. The molecule has 1 amide bonds. The fraction of sp³-hybridized carbons (Fsp3) is 0.286. The van der Waals surface area contributed by atoms with Crippen LogP contribution >= 0.6 is 0 Å². The molecule has 3 aromatic rings. The molecular formula is C21H24N2O2. The number of amides is 1. The molecule has 0 radical (unpaired) electrons. The van der Waals surface area contributed by atoms with Crippen LogP contribution in [0.15, 0.2) is 65.1 Å². The van der Waals surface area contributed by atoms with E-state index in [4.69, 9.17) is 4.42 Å². The standard InChI is InChI=1S/C21H24N2O2/c1-16(20-13-18-11-7-8-12-19(18)25-20)22(2)15-21(24)23(3)14-17-9-5-4-6-10-17/h4-13,16H,14-15H2,1-3H3. The van der Waals surface area contributed by atoms with Gasteiger partial charge >= 0.3 is 0 Å². The molecule has 4 heteroatoms. The molecular weight excluding hydrogens is 312 g/mol. The van der Waals surface area contributed by atoms with Gasteiger partial charge in [-0.05, 0) is 31.7 Å². The zero-order chi connectivity index (χ0) is 17.8. The lowest BCUT2D eigenvalue weighted by Gasteiger charge is -2.25. The lowest BCUT2D eigenvalue weighted by atomic mass is 10.2. The molecule has 0 aliphatic carbocycles. The molecule has 0 saturated heterocycles. The first-order valence-electron chi connectivity index (χ1n) is 8.51. The number of carbonyl (C=O) groups excluding carboxylic acids is 1. The first-order chi connectivity index (χ1) is 12.0. The number of benzene rings is 2. The fourth-order valence-corrected chi connectivity index (χ4v) is 2.84. The second-order valence-corrected chi connectivity index (χ2v) is 6.51. The summed E-state index contributed by atoms with van der Waals surface area (Å²) in [6.45, 7) is 3.02. The van der Waals surface area contributed by atoms with Crippen LogP contribution in [0.4, 0.5) is 0 Å². The van der Waals surface area contributed by atoms with E-state index in [1.807, 2.05) is 73.6 Å². The van der Waals surface area contributed by atoms with E-state index in [1.54, 1.807) is 4.90 Å². The van der Waals surface area contributed by atoms with Crippen molar-refractivity contribution in [2.24, 2.45) is 0 Å². The number of likely N-dealkylation sites (N-methyl/N-ethyl adjacent to an activating group) is 2. The van der Waals surface area contributed by atoms with E-state index in [-0.39, 0.29) is 11.9 Å². The van der Waals surface area contributed by atoms with Gasteiger partial charge in [0.25, 0.3) is 0 Å². The number of hydrogen-bond donors (Lipinski definition) is 0. The maximum Gasteiger partial charge on any atom is 0.236 e. The summed E-state index contributed by atoms with van der Waals surface area (Å²) in [6.07, 6.45) is 0. The SMILES string of the molecule is CC(c1cc2ccccc2o1)N(C)CC(=O)N(C)Cc1ccccc1. The maximum atomic E-state index is 12.5. The number of carbonyl (C=O) groups is 1. The first kappa shape index (κ1) is 17.2. The highest BCUT2D eigenvalue weighted by Gasteiger charge is 2.20. The molecule has 0 aliphatic heterocycles. The van der Waals surface area contributed by atoms with Crippen molar-refractivity contribution >= 4 is 16.9 Å². The predicted octanol–water partition coefficient (Wildman–Crippen LogP) is 4.08. The van der Waals surface area contributed by atoms with Crippen molar-refractivity contribution in [1.29, 1.82) is 0 Å². The molecule has 0 saturated carbocycles.